The molecular formula is C22H16Cl2N2O4S. The Labute approximate surface area is 193 Å². The van der Waals surface area contributed by atoms with E-state index in [1.54, 1.807) is 43.3 Å². The van der Waals surface area contributed by atoms with Crippen molar-refractivity contribution in [2.45, 2.75) is 6.92 Å². The van der Waals surface area contributed by atoms with Crippen LogP contribution in [0.4, 0.5) is 5.69 Å². The number of furan rings is 1. The zero-order chi connectivity index (χ0) is 22.5. The molecule has 0 saturated heterocycles. The summed E-state index contributed by atoms with van der Waals surface area (Å²) in [6, 6.07) is 13.2. The smallest absolute Gasteiger partial charge is 0.335 e. The second-order valence-corrected chi connectivity index (χ2v) is 7.61. The topological polar surface area (TPSA) is 91.6 Å². The second kappa shape index (κ2) is 9.78. The molecular weight excluding hydrogens is 459 g/mol. The number of benzene rings is 2. The number of rotatable bonds is 5. The summed E-state index contributed by atoms with van der Waals surface area (Å²) in [6.07, 6.45) is 2.74. The summed E-state index contributed by atoms with van der Waals surface area (Å²) in [5.41, 5.74) is 2.02. The fraction of sp³-hybridized carbons (Fsp3) is 0.0455. The monoisotopic (exact) mass is 474 g/mol. The zero-order valence-corrected chi connectivity index (χ0v) is 18.4. The molecule has 0 bridgehead atoms. The van der Waals surface area contributed by atoms with Crippen molar-refractivity contribution in [3.63, 3.8) is 0 Å². The first-order valence-electron chi connectivity index (χ1n) is 8.93. The highest BCUT2D eigenvalue weighted by molar-refractivity contribution is 7.80. The van der Waals surface area contributed by atoms with Crippen molar-refractivity contribution in [1.29, 1.82) is 0 Å². The van der Waals surface area contributed by atoms with Gasteiger partial charge >= 0.3 is 5.97 Å². The number of aryl methyl sites for hydroxylation is 1. The number of hydrogen-bond acceptors (Lipinski definition) is 4. The lowest BCUT2D eigenvalue weighted by Gasteiger charge is -2.11. The number of thiocarbonyl (C=S) groups is 1. The summed E-state index contributed by atoms with van der Waals surface area (Å²) in [5, 5.41) is 15.2. The third-order valence-electron chi connectivity index (χ3n) is 4.21. The SMILES string of the molecule is Cc1ccc(C(=O)O)cc1NC(=S)NC(=O)/C=C/c1ccc(-c2cccc(Cl)c2Cl)o1. The van der Waals surface area contributed by atoms with Crippen LogP contribution in [0.5, 0.6) is 0 Å². The lowest BCUT2D eigenvalue weighted by Crippen LogP contribution is -2.33. The van der Waals surface area contributed by atoms with Crippen LogP contribution in [0.3, 0.4) is 0 Å². The first-order valence-corrected chi connectivity index (χ1v) is 10.1. The molecule has 9 heteroatoms. The number of carbonyl (C=O) groups is 2. The Bertz CT molecular complexity index is 1200. The third-order valence-corrected chi connectivity index (χ3v) is 5.24. The first kappa shape index (κ1) is 22.6. The molecule has 0 unspecified atom stereocenters. The van der Waals surface area contributed by atoms with Crippen LogP contribution in [0.1, 0.15) is 21.7 Å². The summed E-state index contributed by atoms with van der Waals surface area (Å²) < 4.78 is 5.69. The van der Waals surface area contributed by atoms with Gasteiger partial charge in [0.05, 0.1) is 15.6 Å². The van der Waals surface area contributed by atoms with E-state index in [0.717, 1.165) is 5.56 Å². The van der Waals surface area contributed by atoms with Crippen LogP contribution in [0.25, 0.3) is 17.4 Å². The maximum absolute atomic E-state index is 12.2. The van der Waals surface area contributed by atoms with Crippen LogP contribution >= 0.6 is 35.4 Å². The van der Waals surface area contributed by atoms with Crippen LogP contribution < -0.4 is 10.6 Å². The predicted octanol–water partition coefficient (Wildman–Crippen LogP) is 5.79. The van der Waals surface area contributed by atoms with E-state index in [0.29, 0.717) is 32.8 Å². The lowest BCUT2D eigenvalue weighted by molar-refractivity contribution is -0.115. The average molecular weight is 475 g/mol. The highest BCUT2D eigenvalue weighted by Crippen LogP contribution is 2.34. The van der Waals surface area contributed by atoms with Gasteiger partial charge < -0.3 is 14.8 Å². The number of carboxylic acids is 1. The number of aromatic carboxylic acids is 1. The highest BCUT2D eigenvalue weighted by Gasteiger charge is 2.11. The molecule has 1 amide bonds. The standard InChI is InChI=1S/C22H16Cl2N2O4S/c1-12-5-6-13(21(28)29)11-17(12)25-22(31)26-19(27)10-8-14-7-9-18(30-14)15-3-2-4-16(23)20(15)24/h2-11H,1H3,(H,28,29)(H2,25,26,27,31)/b10-8+. The second-order valence-electron chi connectivity index (χ2n) is 6.41. The van der Waals surface area contributed by atoms with Gasteiger partial charge in [0.15, 0.2) is 5.11 Å². The van der Waals surface area contributed by atoms with Crippen LogP contribution in [-0.4, -0.2) is 22.1 Å². The molecule has 3 rings (SSSR count). The van der Waals surface area contributed by atoms with Crippen molar-refractivity contribution in [2.75, 3.05) is 5.32 Å². The Kier molecular flexibility index (Phi) is 7.12. The summed E-state index contributed by atoms with van der Waals surface area (Å²) >= 11 is 17.4. The van der Waals surface area contributed by atoms with E-state index in [2.05, 4.69) is 10.6 Å². The number of halogens is 2. The summed E-state index contributed by atoms with van der Waals surface area (Å²) in [4.78, 5) is 23.3. The lowest BCUT2D eigenvalue weighted by atomic mass is 10.1. The van der Waals surface area contributed by atoms with E-state index in [9.17, 15) is 9.59 Å². The van der Waals surface area contributed by atoms with Crippen molar-refractivity contribution >= 4 is 64.2 Å². The maximum atomic E-state index is 12.2. The molecule has 6 nitrogen and oxygen atoms in total. The van der Waals surface area contributed by atoms with Crippen molar-refractivity contribution in [2.24, 2.45) is 0 Å². The van der Waals surface area contributed by atoms with E-state index in [1.807, 2.05) is 0 Å². The Morgan fingerprint density at radius 3 is 2.65 bits per heavy atom. The molecule has 0 fully saturated rings. The van der Waals surface area contributed by atoms with Crippen LogP contribution in [0, 0.1) is 6.92 Å². The highest BCUT2D eigenvalue weighted by atomic mass is 35.5. The molecule has 1 heterocycles. The average Bonchev–Trinajstić information content (AvgIpc) is 3.18. The van der Waals surface area contributed by atoms with E-state index in [4.69, 9.17) is 44.9 Å². The molecule has 0 saturated carbocycles. The van der Waals surface area contributed by atoms with Gasteiger partial charge in [-0.3, -0.25) is 10.1 Å². The minimum Gasteiger partial charge on any atom is -0.478 e. The summed E-state index contributed by atoms with van der Waals surface area (Å²) in [5.74, 6) is -0.593. The van der Waals surface area contributed by atoms with E-state index < -0.39 is 11.9 Å². The molecule has 2 aromatic carbocycles. The maximum Gasteiger partial charge on any atom is 0.335 e. The fourth-order valence-electron chi connectivity index (χ4n) is 2.64. The molecule has 3 aromatic rings. The van der Waals surface area contributed by atoms with E-state index in [1.165, 1.54) is 24.3 Å². The summed E-state index contributed by atoms with van der Waals surface area (Å²) in [6.45, 7) is 1.79. The molecule has 0 aliphatic rings. The van der Waals surface area contributed by atoms with Gasteiger partial charge in [0.1, 0.15) is 11.5 Å². The number of hydrogen-bond donors (Lipinski definition) is 3. The van der Waals surface area contributed by atoms with Gasteiger partial charge in [-0.1, -0.05) is 35.3 Å². The number of carbonyl (C=O) groups excluding carboxylic acids is 1. The largest absolute Gasteiger partial charge is 0.478 e. The third kappa shape index (κ3) is 5.73. The minimum atomic E-state index is -1.06. The number of anilines is 1. The van der Waals surface area contributed by atoms with Gasteiger partial charge in [-0.2, -0.15) is 0 Å². The molecule has 31 heavy (non-hydrogen) atoms. The Morgan fingerprint density at radius 2 is 1.90 bits per heavy atom. The predicted molar refractivity (Wildman–Crippen MR) is 126 cm³/mol. The van der Waals surface area contributed by atoms with Gasteiger partial charge in [0, 0.05) is 17.3 Å². The van der Waals surface area contributed by atoms with Gasteiger partial charge in [-0.05, 0) is 67.2 Å². The summed E-state index contributed by atoms with van der Waals surface area (Å²) in [7, 11) is 0. The van der Waals surface area contributed by atoms with Crippen molar-refractivity contribution in [3.8, 4) is 11.3 Å². The molecule has 1 aromatic heterocycles. The van der Waals surface area contributed by atoms with E-state index in [-0.39, 0.29) is 10.7 Å². The van der Waals surface area contributed by atoms with Crippen LogP contribution in [-0.2, 0) is 4.79 Å². The molecule has 0 radical (unpaired) electrons. The molecule has 0 aliphatic heterocycles. The zero-order valence-electron chi connectivity index (χ0n) is 16.1. The number of nitrogens with one attached hydrogen (secondary N) is 2. The Morgan fingerprint density at radius 1 is 1.13 bits per heavy atom. The van der Waals surface area contributed by atoms with Crippen LogP contribution in [0.15, 0.2) is 59.0 Å². The van der Waals surface area contributed by atoms with Crippen molar-refractivity contribution < 1.29 is 19.1 Å². The minimum absolute atomic E-state index is 0.0335. The fourth-order valence-corrected chi connectivity index (χ4v) is 3.24. The molecule has 0 atom stereocenters. The first-order chi connectivity index (χ1) is 14.7. The number of amides is 1. The Balaban J connectivity index is 1.63. The number of carboxylic acid groups (broad SMARTS) is 1. The molecule has 158 valence electrons. The molecule has 0 spiro atoms. The molecule has 3 N–H and O–H groups in total. The van der Waals surface area contributed by atoms with Crippen molar-refractivity contribution in [1.82, 2.24) is 5.32 Å². The quantitative estimate of drug-likeness (QED) is 0.320. The van der Waals surface area contributed by atoms with Gasteiger partial charge in [-0.25, -0.2) is 4.79 Å². The van der Waals surface area contributed by atoms with Crippen molar-refractivity contribution in [3.05, 3.63) is 81.5 Å². The van der Waals surface area contributed by atoms with Gasteiger partial charge in [0.25, 0.3) is 0 Å². The van der Waals surface area contributed by atoms with Gasteiger partial charge in [-0.15, -0.1) is 0 Å². The molecule has 0 aliphatic carbocycles. The van der Waals surface area contributed by atoms with E-state index >= 15 is 0 Å². The normalized spacial score (nSPS) is 10.8. The van der Waals surface area contributed by atoms with Gasteiger partial charge in [0.2, 0.25) is 5.91 Å². The Hall–Kier alpha value is -3.13. The van der Waals surface area contributed by atoms with Crippen LogP contribution in [0.2, 0.25) is 10.0 Å².